The first-order valence-corrected chi connectivity index (χ1v) is 9.76. The molecule has 1 aromatic carbocycles. The third-order valence-electron chi connectivity index (χ3n) is 2.64. The van der Waals surface area contributed by atoms with Gasteiger partial charge in [-0.3, -0.25) is 4.72 Å². The van der Waals surface area contributed by atoms with Crippen molar-refractivity contribution >= 4 is 47.6 Å². The van der Waals surface area contributed by atoms with Crippen molar-refractivity contribution in [2.75, 3.05) is 23.6 Å². The molecule has 0 fully saturated rings. The van der Waals surface area contributed by atoms with Crippen molar-refractivity contribution in [2.45, 2.75) is 26.7 Å². The fourth-order valence-electron chi connectivity index (χ4n) is 1.69. The van der Waals surface area contributed by atoms with Crippen LogP contribution in [0.4, 0.5) is 5.69 Å². The van der Waals surface area contributed by atoms with Gasteiger partial charge in [0, 0.05) is 8.95 Å². The number of anilines is 1. The fourth-order valence-corrected chi connectivity index (χ4v) is 4.73. The second-order valence-electron chi connectivity index (χ2n) is 4.63. The molecule has 0 aliphatic rings. The molecule has 0 bridgehead atoms. The van der Waals surface area contributed by atoms with Crippen LogP contribution in [0.2, 0.25) is 0 Å². The summed E-state index contributed by atoms with van der Waals surface area (Å²) in [6.45, 7) is 5.67. The molecule has 0 aromatic heterocycles. The third kappa shape index (κ3) is 6.11. The largest absolute Gasteiger partial charge is 0.317 e. The van der Waals surface area contributed by atoms with Crippen LogP contribution < -0.4 is 10.0 Å². The predicted molar refractivity (Wildman–Crippen MR) is 91.8 cm³/mol. The highest BCUT2D eigenvalue weighted by Gasteiger charge is 2.14. The lowest BCUT2D eigenvalue weighted by molar-refractivity contribution is 0.593. The van der Waals surface area contributed by atoms with E-state index in [0.29, 0.717) is 18.7 Å². The van der Waals surface area contributed by atoms with Crippen LogP contribution in [-0.2, 0) is 10.0 Å². The Balaban J connectivity index is 2.63. The summed E-state index contributed by atoms with van der Waals surface area (Å²) < 4.78 is 28.2. The zero-order valence-electron chi connectivity index (χ0n) is 11.7. The van der Waals surface area contributed by atoms with E-state index in [-0.39, 0.29) is 5.75 Å². The van der Waals surface area contributed by atoms with Gasteiger partial charge in [0.25, 0.3) is 0 Å². The summed E-state index contributed by atoms with van der Waals surface area (Å²) in [4.78, 5) is 0. The molecule has 0 amide bonds. The number of nitrogens with one attached hydrogen (secondary N) is 2. The minimum absolute atomic E-state index is 0.108. The summed E-state index contributed by atoms with van der Waals surface area (Å²) >= 11 is 6.77. The molecule has 0 atom stereocenters. The number of aryl methyl sites for hydroxylation is 1. The number of sulfonamides is 1. The molecule has 0 spiro atoms. The Kier molecular flexibility index (Phi) is 7.50. The summed E-state index contributed by atoms with van der Waals surface area (Å²) in [5, 5.41) is 3.19. The molecule has 0 radical (unpaired) electrons. The Hall–Kier alpha value is -0.110. The normalized spacial score (nSPS) is 11.6. The van der Waals surface area contributed by atoms with Crippen LogP contribution in [0.1, 0.15) is 25.3 Å². The second kappa shape index (κ2) is 8.36. The monoisotopic (exact) mass is 426 g/mol. The van der Waals surface area contributed by atoms with Gasteiger partial charge in [0.15, 0.2) is 0 Å². The topological polar surface area (TPSA) is 58.2 Å². The first-order valence-electron chi connectivity index (χ1n) is 6.52. The highest BCUT2D eigenvalue weighted by Crippen LogP contribution is 2.33. The van der Waals surface area contributed by atoms with E-state index in [0.717, 1.165) is 27.5 Å². The Bertz CT molecular complexity index is 524. The van der Waals surface area contributed by atoms with Gasteiger partial charge in [-0.05, 0) is 82.4 Å². The van der Waals surface area contributed by atoms with Crippen molar-refractivity contribution in [3.8, 4) is 0 Å². The summed E-state index contributed by atoms with van der Waals surface area (Å²) in [6, 6.07) is 3.76. The van der Waals surface area contributed by atoms with Crippen LogP contribution in [0.5, 0.6) is 0 Å². The quantitative estimate of drug-likeness (QED) is 0.622. The Labute approximate surface area is 138 Å². The Morgan fingerprint density at radius 3 is 2.30 bits per heavy atom. The molecule has 0 heterocycles. The number of rotatable bonds is 8. The first kappa shape index (κ1) is 17.9. The van der Waals surface area contributed by atoms with Crippen LogP contribution in [0.25, 0.3) is 0 Å². The van der Waals surface area contributed by atoms with Crippen molar-refractivity contribution < 1.29 is 8.42 Å². The maximum Gasteiger partial charge on any atom is 0.232 e. The number of hydrogen-bond acceptors (Lipinski definition) is 3. The van der Waals surface area contributed by atoms with Crippen LogP contribution in [0.3, 0.4) is 0 Å². The first-order chi connectivity index (χ1) is 9.35. The van der Waals surface area contributed by atoms with Gasteiger partial charge in [0.2, 0.25) is 10.0 Å². The van der Waals surface area contributed by atoms with E-state index >= 15 is 0 Å². The average molecular weight is 428 g/mol. The maximum atomic E-state index is 12.0. The van der Waals surface area contributed by atoms with Crippen molar-refractivity contribution in [1.29, 1.82) is 0 Å². The minimum Gasteiger partial charge on any atom is -0.317 e. The summed E-state index contributed by atoms with van der Waals surface area (Å²) in [5.74, 6) is 0.108. The highest BCUT2D eigenvalue weighted by molar-refractivity contribution is 9.11. The second-order valence-corrected chi connectivity index (χ2v) is 8.18. The number of hydrogen-bond donors (Lipinski definition) is 2. The Morgan fingerprint density at radius 2 is 1.75 bits per heavy atom. The van der Waals surface area contributed by atoms with Gasteiger partial charge in [-0.15, -0.1) is 0 Å². The van der Waals surface area contributed by atoms with Crippen molar-refractivity contribution in [1.82, 2.24) is 5.32 Å². The van der Waals surface area contributed by atoms with E-state index in [2.05, 4.69) is 48.8 Å². The van der Waals surface area contributed by atoms with Gasteiger partial charge >= 0.3 is 0 Å². The highest BCUT2D eigenvalue weighted by atomic mass is 79.9. The van der Waals surface area contributed by atoms with Crippen LogP contribution in [-0.4, -0.2) is 27.3 Å². The minimum atomic E-state index is -3.33. The number of halogens is 2. The zero-order valence-corrected chi connectivity index (χ0v) is 15.7. The molecule has 0 aliphatic carbocycles. The molecule has 0 aliphatic heterocycles. The molecule has 1 rings (SSSR count). The maximum absolute atomic E-state index is 12.0. The predicted octanol–water partition coefficient (Wildman–Crippen LogP) is 3.65. The molecule has 0 saturated carbocycles. The molecule has 7 heteroatoms. The lowest BCUT2D eigenvalue weighted by Crippen LogP contribution is -2.22. The SMILES string of the molecule is CCCNCCCS(=O)(=O)Nc1c(Br)cc(C)cc1Br. The van der Waals surface area contributed by atoms with E-state index in [1.54, 1.807) is 0 Å². The van der Waals surface area contributed by atoms with Crippen LogP contribution in [0, 0.1) is 6.92 Å². The van der Waals surface area contributed by atoms with Gasteiger partial charge < -0.3 is 5.32 Å². The van der Waals surface area contributed by atoms with Crippen LogP contribution in [0.15, 0.2) is 21.1 Å². The number of benzene rings is 1. The van der Waals surface area contributed by atoms with E-state index in [9.17, 15) is 8.42 Å². The van der Waals surface area contributed by atoms with Gasteiger partial charge in [0.05, 0.1) is 11.4 Å². The third-order valence-corrected chi connectivity index (χ3v) is 5.23. The van der Waals surface area contributed by atoms with Crippen LogP contribution >= 0.6 is 31.9 Å². The standard InChI is InChI=1S/C13H20Br2N2O2S/c1-3-5-16-6-4-7-20(18,19)17-13-11(14)8-10(2)9-12(13)15/h8-9,16-17H,3-7H2,1-2H3. The summed E-state index contributed by atoms with van der Waals surface area (Å²) in [6.07, 6.45) is 1.64. The molecule has 1 aromatic rings. The van der Waals surface area contributed by atoms with E-state index in [4.69, 9.17) is 0 Å². The molecule has 4 nitrogen and oxygen atoms in total. The zero-order chi connectivity index (χ0) is 15.2. The van der Waals surface area contributed by atoms with Gasteiger partial charge in [-0.25, -0.2) is 8.42 Å². The lowest BCUT2D eigenvalue weighted by Gasteiger charge is -2.12. The molecule has 0 unspecified atom stereocenters. The summed E-state index contributed by atoms with van der Waals surface area (Å²) in [5.41, 5.74) is 1.60. The van der Waals surface area contributed by atoms with Gasteiger partial charge in [-0.2, -0.15) is 0 Å². The van der Waals surface area contributed by atoms with Gasteiger partial charge in [-0.1, -0.05) is 6.92 Å². The average Bonchev–Trinajstić information content (AvgIpc) is 2.33. The molecule has 0 saturated heterocycles. The Morgan fingerprint density at radius 1 is 1.15 bits per heavy atom. The molecular weight excluding hydrogens is 408 g/mol. The van der Waals surface area contributed by atoms with Crippen molar-refractivity contribution in [3.05, 3.63) is 26.6 Å². The van der Waals surface area contributed by atoms with Crippen molar-refractivity contribution in [2.24, 2.45) is 0 Å². The molecule has 114 valence electrons. The molecular formula is C13H20Br2N2O2S. The van der Waals surface area contributed by atoms with E-state index in [1.165, 1.54) is 0 Å². The van der Waals surface area contributed by atoms with E-state index in [1.807, 2.05) is 19.1 Å². The fraction of sp³-hybridized carbons (Fsp3) is 0.538. The van der Waals surface area contributed by atoms with E-state index < -0.39 is 10.0 Å². The van der Waals surface area contributed by atoms with Gasteiger partial charge in [0.1, 0.15) is 0 Å². The summed E-state index contributed by atoms with van der Waals surface area (Å²) in [7, 11) is -3.33. The molecule has 20 heavy (non-hydrogen) atoms. The smallest absolute Gasteiger partial charge is 0.232 e. The lowest BCUT2D eigenvalue weighted by atomic mass is 10.2. The van der Waals surface area contributed by atoms with Crippen molar-refractivity contribution in [3.63, 3.8) is 0 Å². The molecule has 2 N–H and O–H groups in total.